The van der Waals surface area contributed by atoms with Gasteiger partial charge in [-0.3, -0.25) is 4.79 Å². The fraction of sp³-hybridized carbons (Fsp3) is 0.917. The molecule has 0 bridgehead atoms. The summed E-state index contributed by atoms with van der Waals surface area (Å²) in [5, 5.41) is 3.15. The molecule has 2 nitrogen and oxygen atoms in total. The quantitative estimate of drug-likeness (QED) is 0.572. The monoisotopic (exact) mass is 231 g/mol. The van der Waals surface area contributed by atoms with Crippen molar-refractivity contribution in [1.82, 2.24) is 5.32 Å². The van der Waals surface area contributed by atoms with E-state index in [1.165, 1.54) is 12.8 Å². The van der Waals surface area contributed by atoms with Crippen LogP contribution in [0.25, 0.3) is 0 Å². The Kier molecular flexibility index (Phi) is 4.91. The molecule has 1 amide bonds. The van der Waals surface area contributed by atoms with Crippen LogP contribution in [0.15, 0.2) is 0 Å². The average Bonchev–Trinajstić information content (AvgIpc) is 2.46. The Morgan fingerprint density at radius 3 is 2.73 bits per heavy atom. The highest BCUT2D eigenvalue weighted by Crippen LogP contribution is 2.37. The molecule has 0 aromatic heterocycles. The molecular weight excluding hydrogens is 210 g/mol. The molecule has 3 heteroatoms. The molecule has 0 aromatic rings. The number of hydrogen-bond donors (Lipinski definition) is 1. The highest BCUT2D eigenvalue weighted by Gasteiger charge is 2.34. The topological polar surface area (TPSA) is 29.1 Å². The molecule has 1 rings (SSSR count). The Morgan fingerprint density at radius 1 is 1.47 bits per heavy atom. The van der Waals surface area contributed by atoms with Gasteiger partial charge in [-0.2, -0.15) is 0 Å². The molecule has 0 aromatic carbocycles. The number of carbonyl (C=O) groups excluding carboxylic acids is 1. The van der Waals surface area contributed by atoms with Gasteiger partial charge in [-0.25, -0.2) is 0 Å². The first-order chi connectivity index (χ1) is 7.06. The maximum absolute atomic E-state index is 11.6. The normalized spacial score (nSPS) is 24.1. The van der Waals surface area contributed by atoms with Crippen LogP contribution in [0.3, 0.4) is 0 Å². The molecule has 0 spiro atoms. The van der Waals surface area contributed by atoms with E-state index in [-0.39, 0.29) is 11.3 Å². The van der Waals surface area contributed by atoms with Crippen LogP contribution in [-0.4, -0.2) is 17.8 Å². The molecule has 0 heterocycles. The molecular formula is C12H22ClNO. The largest absolute Gasteiger partial charge is 0.353 e. The van der Waals surface area contributed by atoms with Crippen molar-refractivity contribution in [2.75, 3.05) is 5.88 Å². The first-order valence-electron chi connectivity index (χ1n) is 5.91. The van der Waals surface area contributed by atoms with E-state index >= 15 is 0 Å². The molecule has 1 atom stereocenters. The van der Waals surface area contributed by atoms with Crippen LogP contribution in [0, 0.1) is 5.41 Å². The van der Waals surface area contributed by atoms with Crippen LogP contribution in [0.4, 0.5) is 0 Å². The molecule has 0 saturated heterocycles. The van der Waals surface area contributed by atoms with Gasteiger partial charge in [0.25, 0.3) is 0 Å². The highest BCUT2D eigenvalue weighted by atomic mass is 35.5. The minimum Gasteiger partial charge on any atom is -0.353 e. The zero-order chi connectivity index (χ0) is 11.3. The second-order valence-corrected chi connectivity index (χ2v) is 5.52. The molecule has 1 unspecified atom stereocenters. The summed E-state index contributed by atoms with van der Waals surface area (Å²) in [5.41, 5.74) is 0.280. The smallest absolute Gasteiger partial charge is 0.220 e. The summed E-state index contributed by atoms with van der Waals surface area (Å²) in [6.45, 7) is 4.48. The van der Waals surface area contributed by atoms with Crippen molar-refractivity contribution in [3.63, 3.8) is 0 Å². The van der Waals surface area contributed by atoms with Gasteiger partial charge in [0.2, 0.25) is 5.91 Å². The van der Waals surface area contributed by atoms with Gasteiger partial charge in [-0.05, 0) is 31.1 Å². The van der Waals surface area contributed by atoms with Crippen molar-refractivity contribution in [3.8, 4) is 0 Å². The number of rotatable bonds is 5. The van der Waals surface area contributed by atoms with Crippen LogP contribution in [0.5, 0.6) is 0 Å². The second-order valence-electron chi connectivity index (χ2n) is 5.15. The lowest BCUT2D eigenvalue weighted by molar-refractivity contribution is -0.122. The van der Waals surface area contributed by atoms with Crippen molar-refractivity contribution >= 4 is 17.5 Å². The molecule has 15 heavy (non-hydrogen) atoms. The Morgan fingerprint density at radius 2 is 2.20 bits per heavy atom. The van der Waals surface area contributed by atoms with Gasteiger partial charge in [0, 0.05) is 18.3 Å². The van der Waals surface area contributed by atoms with E-state index in [1.54, 1.807) is 0 Å². The summed E-state index contributed by atoms with van der Waals surface area (Å²) in [4.78, 5) is 11.6. The summed E-state index contributed by atoms with van der Waals surface area (Å²) in [6.07, 6.45) is 6.05. The summed E-state index contributed by atoms with van der Waals surface area (Å²) in [5.74, 6) is 0.849. The van der Waals surface area contributed by atoms with Crippen LogP contribution in [-0.2, 0) is 4.79 Å². The summed E-state index contributed by atoms with van der Waals surface area (Å²) in [7, 11) is 0. The zero-order valence-electron chi connectivity index (χ0n) is 9.81. The summed E-state index contributed by atoms with van der Waals surface area (Å²) < 4.78 is 0. The van der Waals surface area contributed by atoms with Gasteiger partial charge in [-0.15, -0.1) is 11.6 Å². The number of nitrogens with one attached hydrogen (secondary N) is 1. The molecule has 0 radical (unpaired) electrons. The van der Waals surface area contributed by atoms with Crippen LogP contribution in [0.1, 0.15) is 52.4 Å². The van der Waals surface area contributed by atoms with Gasteiger partial charge in [0.15, 0.2) is 0 Å². The maximum atomic E-state index is 11.6. The van der Waals surface area contributed by atoms with Crippen molar-refractivity contribution in [2.24, 2.45) is 5.41 Å². The van der Waals surface area contributed by atoms with Gasteiger partial charge in [-0.1, -0.05) is 20.3 Å². The molecule has 0 aliphatic heterocycles. The summed E-state index contributed by atoms with van der Waals surface area (Å²) in [6, 6.07) is 0.376. The minimum atomic E-state index is 0.195. The Hall–Kier alpha value is -0.240. The lowest BCUT2D eigenvalue weighted by Crippen LogP contribution is -2.41. The van der Waals surface area contributed by atoms with Crippen LogP contribution < -0.4 is 5.32 Å². The third kappa shape index (κ3) is 4.02. The lowest BCUT2D eigenvalue weighted by atomic mass is 9.87. The van der Waals surface area contributed by atoms with E-state index < -0.39 is 0 Å². The van der Waals surface area contributed by atoms with E-state index in [0.29, 0.717) is 18.3 Å². The first-order valence-corrected chi connectivity index (χ1v) is 6.45. The molecule has 1 fully saturated rings. The van der Waals surface area contributed by atoms with E-state index in [4.69, 9.17) is 11.6 Å². The molecule has 1 aliphatic carbocycles. The van der Waals surface area contributed by atoms with Crippen LogP contribution >= 0.6 is 11.6 Å². The van der Waals surface area contributed by atoms with E-state index in [1.807, 2.05) is 0 Å². The van der Waals surface area contributed by atoms with Gasteiger partial charge in [0.05, 0.1) is 0 Å². The molecule has 1 aliphatic rings. The second kappa shape index (κ2) is 5.74. The predicted octanol–water partition coefficient (Wildman–Crippen LogP) is 3.09. The summed E-state index contributed by atoms with van der Waals surface area (Å²) >= 11 is 5.57. The predicted molar refractivity (Wildman–Crippen MR) is 64.1 cm³/mol. The van der Waals surface area contributed by atoms with Crippen molar-refractivity contribution < 1.29 is 4.79 Å². The number of hydrogen-bond acceptors (Lipinski definition) is 1. The standard InChI is InChI=1S/C12H22ClNO/c1-12(2)8-5-6-10(12)14-11(15)7-3-4-9-13/h10H,3-9H2,1-2H3,(H,14,15). The Balaban J connectivity index is 2.25. The Labute approximate surface area is 97.8 Å². The fourth-order valence-electron chi connectivity index (χ4n) is 2.24. The third-order valence-corrected chi connectivity index (χ3v) is 3.65. The number of unbranched alkanes of at least 4 members (excludes halogenated alkanes) is 1. The zero-order valence-corrected chi connectivity index (χ0v) is 10.6. The van der Waals surface area contributed by atoms with Gasteiger partial charge < -0.3 is 5.32 Å². The lowest BCUT2D eigenvalue weighted by Gasteiger charge is -2.27. The molecule has 1 N–H and O–H groups in total. The first kappa shape index (κ1) is 12.8. The maximum Gasteiger partial charge on any atom is 0.220 e. The highest BCUT2D eigenvalue weighted by molar-refractivity contribution is 6.17. The average molecular weight is 232 g/mol. The van der Waals surface area contributed by atoms with E-state index in [9.17, 15) is 4.79 Å². The van der Waals surface area contributed by atoms with Crippen molar-refractivity contribution in [2.45, 2.75) is 58.4 Å². The number of alkyl halides is 1. The molecule has 88 valence electrons. The minimum absolute atomic E-state index is 0.195. The van der Waals surface area contributed by atoms with E-state index in [2.05, 4.69) is 19.2 Å². The Bertz CT molecular complexity index is 216. The third-order valence-electron chi connectivity index (χ3n) is 3.38. The van der Waals surface area contributed by atoms with Gasteiger partial charge >= 0.3 is 0 Å². The fourth-order valence-corrected chi connectivity index (χ4v) is 2.43. The van der Waals surface area contributed by atoms with Crippen LogP contribution in [0.2, 0.25) is 0 Å². The van der Waals surface area contributed by atoms with Crippen molar-refractivity contribution in [3.05, 3.63) is 0 Å². The SMILES string of the molecule is CC1(C)CCCC1NC(=O)CCCCCl. The van der Waals surface area contributed by atoms with Crippen molar-refractivity contribution in [1.29, 1.82) is 0 Å². The number of amides is 1. The molecule has 1 saturated carbocycles. The van der Waals surface area contributed by atoms with Gasteiger partial charge in [0.1, 0.15) is 0 Å². The number of carbonyl (C=O) groups is 1. The number of halogens is 1. The van der Waals surface area contributed by atoms with E-state index in [0.717, 1.165) is 19.3 Å².